The molecule has 1 amide bonds. The fourth-order valence-electron chi connectivity index (χ4n) is 2.90. The van der Waals surface area contributed by atoms with Gasteiger partial charge in [0.15, 0.2) is 0 Å². The quantitative estimate of drug-likeness (QED) is 0.695. The summed E-state index contributed by atoms with van der Waals surface area (Å²) < 4.78 is 8.84. The first-order valence-corrected chi connectivity index (χ1v) is 9.05. The third-order valence-corrected chi connectivity index (χ3v) is 4.41. The van der Waals surface area contributed by atoms with Crippen molar-refractivity contribution in [2.75, 3.05) is 7.11 Å². The summed E-state index contributed by atoms with van der Waals surface area (Å²) in [6, 6.07) is 7.49. The van der Waals surface area contributed by atoms with Crippen LogP contribution in [0.3, 0.4) is 0 Å². The van der Waals surface area contributed by atoms with E-state index in [9.17, 15) is 4.79 Å². The van der Waals surface area contributed by atoms with Gasteiger partial charge in [-0.1, -0.05) is 13.0 Å². The maximum atomic E-state index is 12.6. The van der Waals surface area contributed by atoms with Crippen LogP contribution in [0.5, 0.6) is 5.75 Å². The molecular weight excluding hydrogens is 342 g/mol. The average Bonchev–Trinajstić information content (AvgIpc) is 3.29. The van der Waals surface area contributed by atoms with Gasteiger partial charge in [-0.2, -0.15) is 10.2 Å². The molecule has 3 rings (SSSR count). The topological polar surface area (TPSA) is 74.0 Å². The average molecular weight is 367 g/mol. The van der Waals surface area contributed by atoms with Gasteiger partial charge in [-0.25, -0.2) is 4.68 Å². The normalized spacial score (nSPS) is 12.0. The molecule has 27 heavy (non-hydrogen) atoms. The Morgan fingerprint density at radius 2 is 2.15 bits per heavy atom. The molecule has 0 aliphatic rings. The van der Waals surface area contributed by atoms with Crippen molar-refractivity contribution in [3.63, 3.8) is 0 Å². The number of ether oxygens (including phenoxy) is 1. The van der Waals surface area contributed by atoms with E-state index < -0.39 is 0 Å². The largest absolute Gasteiger partial charge is 0.497 e. The fraction of sp³-hybridized carbons (Fsp3) is 0.350. The lowest BCUT2D eigenvalue weighted by Gasteiger charge is -2.11. The number of amides is 1. The zero-order chi connectivity index (χ0) is 19.4. The molecule has 2 heterocycles. The van der Waals surface area contributed by atoms with Crippen molar-refractivity contribution in [2.45, 2.75) is 39.8 Å². The van der Waals surface area contributed by atoms with Crippen molar-refractivity contribution in [1.82, 2.24) is 24.9 Å². The predicted molar refractivity (Wildman–Crippen MR) is 103 cm³/mol. The molecule has 7 nitrogen and oxygen atoms in total. The molecule has 0 saturated heterocycles. The minimum absolute atomic E-state index is 0.128. The van der Waals surface area contributed by atoms with E-state index in [1.54, 1.807) is 24.2 Å². The number of nitrogens with one attached hydrogen (secondary N) is 1. The van der Waals surface area contributed by atoms with Crippen LogP contribution in [-0.4, -0.2) is 32.6 Å². The van der Waals surface area contributed by atoms with Gasteiger partial charge < -0.3 is 10.1 Å². The minimum atomic E-state index is -0.175. The zero-order valence-electron chi connectivity index (χ0n) is 16.1. The second kappa shape index (κ2) is 8.07. The minimum Gasteiger partial charge on any atom is -0.497 e. The summed E-state index contributed by atoms with van der Waals surface area (Å²) in [5.74, 6) is 0.641. The first kappa shape index (κ1) is 18.7. The molecule has 1 atom stereocenters. The highest BCUT2D eigenvalue weighted by molar-refractivity contribution is 5.95. The third-order valence-electron chi connectivity index (χ3n) is 4.41. The standard InChI is InChI=1S/C20H25N5O2/c1-5-9-24-13-19(15(3)23-24)20(26)22-14(2)16-11-21-25(12-16)17-7-6-8-18(10-17)27-4/h6-8,10-14H,5,9H2,1-4H3,(H,22,26). The van der Waals surface area contributed by atoms with E-state index in [-0.39, 0.29) is 11.9 Å². The van der Waals surface area contributed by atoms with E-state index in [1.165, 1.54) is 0 Å². The van der Waals surface area contributed by atoms with Crippen molar-refractivity contribution in [3.05, 3.63) is 59.7 Å². The first-order valence-electron chi connectivity index (χ1n) is 9.05. The lowest BCUT2D eigenvalue weighted by Crippen LogP contribution is -2.26. The maximum absolute atomic E-state index is 12.6. The molecule has 0 saturated carbocycles. The van der Waals surface area contributed by atoms with Gasteiger partial charge in [-0.05, 0) is 32.4 Å². The molecular formula is C20H25N5O2. The Morgan fingerprint density at radius 3 is 2.89 bits per heavy atom. The number of rotatable bonds is 7. The predicted octanol–water partition coefficient (Wildman–Crippen LogP) is 3.29. The zero-order valence-corrected chi connectivity index (χ0v) is 16.1. The molecule has 3 aromatic rings. The Labute approximate surface area is 159 Å². The van der Waals surface area contributed by atoms with Crippen LogP contribution in [0.15, 0.2) is 42.9 Å². The van der Waals surface area contributed by atoms with E-state index in [0.29, 0.717) is 5.56 Å². The molecule has 1 aromatic carbocycles. The highest BCUT2D eigenvalue weighted by atomic mass is 16.5. The van der Waals surface area contributed by atoms with Gasteiger partial charge in [0.1, 0.15) is 5.75 Å². The lowest BCUT2D eigenvalue weighted by molar-refractivity contribution is 0.0939. The Hall–Kier alpha value is -3.09. The fourth-order valence-corrected chi connectivity index (χ4v) is 2.90. The Morgan fingerprint density at radius 1 is 1.33 bits per heavy atom. The summed E-state index contributed by atoms with van der Waals surface area (Å²) in [6.07, 6.45) is 6.45. The Balaban J connectivity index is 1.72. The van der Waals surface area contributed by atoms with Crippen LogP contribution in [-0.2, 0) is 6.54 Å². The molecule has 0 fully saturated rings. The van der Waals surface area contributed by atoms with Crippen LogP contribution in [0.1, 0.15) is 47.9 Å². The summed E-state index contributed by atoms with van der Waals surface area (Å²) in [5, 5.41) is 11.8. The Bertz CT molecular complexity index is 928. The summed E-state index contributed by atoms with van der Waals surface area (Å²) in [4.78, 5) is 12.6. The monoisotopic (exact) mass is 367 g/mol. The van der Waals surface area contributed by atoms with E-state index in [2.05, 4.69) is 22.4 Å². The number of aromatic nitrogens is 4. The molecule has 1 N–H and O–H groups in total. The van der Waals surface area contributed by atoms with E-state index in [1.807, 2.05) is 49.0 Å². The van der Waals surface area contributed by atoms with Crippen molar-refractivity contribution in [3.8, 4) is 11.4 Å². The molecule has 0 bridgehead atoms. The number of carbonyl (C=O) groups is 1. The van der Waals surface area contributed by atoms with Gasteiger partial charge in [0.05, 0.1) is 36.3 Å². The molecule has 1 unspecified atom stereocenters. The summed E-state index contributed by atoms with van der Waals surface area (Å²) in [7, 11) is 1.63. The molecule has 0 spiro atoms. The van der Waals surface area contributed by atoms with Crippen LogP contribution < -0.4 is 10.1 Å². The lowest BCUT2D eigenvalue weighted by atomic mass is 10.1. The summed E-state index contributed by atoms with van der Waals surface area (Å²) in [6.45, 7) is 6.68. The van der Waals surface area contributed by atoms with Gasteiger partial charge in [0, 0.05) is 30.6 Å². The van der Waals surface area contributed by atoms with Crippen molar-refractivity contribution in [1.29, 1.82) is 0 Å². The number of benzene rings is 1. The second-order valence-electron chi connectivity index (χ2n) is 6.51. The first-order chi connectivity index (χ1) is 13.0. The molecule has 0 radical (unpaired) electrons. The van der Waals surface area contributed by atoms with Crippen LogP contribution in [0.2, 0.25) is 0 Å². The number of aryl methyl sites for hydroxylation is 2. The van der Waals surface area contributed by atoms with E-state index in [0.717, 1.165) is 35.7 Å². The van der Waals surface area contributed by atoms with Crippen molar-refractivity contribution < 1.29 is 9.53 Å². The van der Waals surface area contributed by atoms with Crippen LogP contribution in [0.4, 0.5) is 0 Å². The molecule has 0 aliphatic carbocycles. The molecule has 2 aromatic heterocycles. The number of hydrogen-bond donors (Lipinski definition) is 1. The Kier molecular flexibility index (Phi) is 5.59. The van der Waals surface area contributed by atoms with Gasteiger partial charge in [-0.3, -0.25) is 9.48 Å². The highest BCUT2D eigenvalue weighted by Crippen LogP contribution is 2.19. The third kappa shape index (κ3) is 4.19. The summed E-state index contributed by atoms with van der Waals surface area (Å²) in [5.41, 5.74) is 3.16. The van der Waals surface area contributed by atoms with Gasteiger partial charge in [0.25, 0.3) is 5.91 Å². The van der Waals surface area contributed by atoms with E-state index in [4.69, 9.17) is 4.74 Å². The number of hydrogen-bond acceptors (Lipinski definition) is 4. The number of methoxy groups -OCH3 is 1. The van der Waals surface area contributed by atoms with Crippen molar-refractivity contribution >= 4 is 5.91 Å². The number of carbonyl (C=O) groups excluding carboxylic acids is 1. The van der Waals surface area contributed by atoms with Gasteiger partial charge in [-0.15, -0.1) is 0 Å². The van der Waals surface area contributed by atoms with Crippen LogP contribution >= 0.6 is 0 Å². The van der Waals surface area contributed by atoms with Gasteiger partial charge >= 0.3 is 0 Å². The highest BCUT2D eigenvalue weighted by Gasteiger charge is 2.17. The maximum Gasteiger partial charge on any atom is 0.255 e. The SMILES string of the molecule is CCCn1cc(C(=O)NC(C)c2cnn(-c3cccc(OC)c3)c2)c(C)n1. The van der Waals surface area contributed by atoms with Gasteiger partial charge in [0.2, 0.25) is 0 Å². The number of nitrogens with zero attached hydrogens (tertiary/aromatic N) is 4. The van der Waals surface area contributed by atoms with Crippen LogP contribution in [0.25, 0.3) is 5.69 Å². The molecule has 142 valence electrons. The molecule has 7 heteroatoms. The molecule has 0 aliphatic heterocycles. The van der Waals surface area contributed by atoms with Crippen molar-refractivity contribution in [2.24, 2.45) is 0 Å². The van der Waals surface area contributed by atoms with E-state index >= 15 is 0 Å². The second-order valence-corrected chi connectivity index (χ2v) is 6.51. The van der Waals surface area contributed by atoms with Crippen LogP contribution in [0, 0.1) is 6.92 Å². The summed E-state index contributed by atoms with van der Waals surface area (Å²) >= 11 is 0. The smallest absolute Gasteiger partial charge is 0.255 e.